The van der Waals surface area contributed by atoms with Crippen LogP contribution in [0, 0.1) is 5.82 Å². The van der Waals surface area contributed by atoms with Gasteiger partial charge in [-0.3, -0.25) is 9.59 Å². The van der Waals surface area contributed by atoms with Crippen LogP contribution in [0.5, 0.6) is 0 Å². The molecular formula is C30H34ClFN2O3. The van der Waals surface area contributed by atoms with Crippen LogP contribution in [0.4, 0.5) is 4.39 Å². The summed E-state index contributed by atoms with van der Waals surface area (Å²) in [6.45, 7) is 5.08. The minimum Gasteiger partial charge on any atom is -0.379 e. The van der Waals surface area contributed by atoms with Gasteiger partial charge in [0.2, 0.25) is 11.8 Å². The highest BCUT2D eigenvalue weighted by atomic mass is 35.5. The summed E-state index contributed by atoms with van der Waals surface area (Å²) in [5.41, 5.74) is 2.47. The highest BCUT2D eigenvalue weighted by Crippen LogP contribution is 2.18. The maximum atomic E-state index is 13.7. The Bertz CT molecular complexity index is 1120. The Morgan fingerprint density at radius 3 is 2.22 bits per heavy atom. The average Bonchev–Trinajstić information content (AvgIpc) is 2.88. The average molecular weight is 525 g/mol. The van der Waals surface area contributed by atoms with Gasteiger partial charge < -0.3 is 15.0 Å². The van der Waals surface area contributed by atoms with E-state index in [1.165, 1.54) is 12.1 Å². The van der Waals surface area contributed by atoms with Crippen molar-refractivity contribution in [2.75, 3.05) is 13.2 Å². The molecule has 0 radical (unpaired) electrons. The van der Waals surface area contributed by atoms with Crippen LogP contribution in [0.15, 0.2) is 78.9 Å². The number of benzene rings is 3. The van der Waals surface area contributed by atoms with Gasteiger partial charge in [0.05, 0.1) is 12.5 Å². The molecule has 0 fully saturated rings. The Morgan fingerprint density at radius 1 is 0.919 bits per heavy atom. The van der Waals surface area contributed by atoms with Crippen molar-refractivity contribution >= 4 is 23.4 Å². The van der Waals surface area contributed by atoms with E-state index in [1.54, 1.807) is 41.3 Å². The van der Waals surface area contributed by atoms with Crippen LogP contribution in [0.3, 0.4) is 0 Å². The number of halogens is 2. The van der Waals surface area contributed by atoms with E-state index < -0.39 is 6.04 Å². The van der Waals surface area contributed by atoms with Gasteiger partial charge in [-0.05, 0) is 61.2 Å². The Morgan fingerprint density at radius 2 is 1.57 bits per heavy atom. The van der Waals surface area contributed by atoms with Crippen LogP contribution in [0.2, 0.25) is 5.02 Å². The van der Waals surface area contributed by atoms with Gasteiger partial charge in [0, 0.05) is 31.1 Å². The maximum Gasteiger partial charge on any atom is 0.243 e. The van der Waals surface area contributed by atoms with E-state index in [1.807, 2.05) is 44.2 Å². The fourth-order valence-electron chi connectivity index (χ4n) is 3.94. The quantitative estimate of drug-likeness (QED) is 0.296. The van der Waals surface area contributed by atoms with E-state index in [0.29, 0.717) is 31.0 Å². The molecule has 196 valence electrons. The van der Waals surface area contributed by atoms with Crippen LogP contribution >= 0.6 is 11.6 Å². The molecule has 5 nitrogen and oxygen atoms in total. The zero-order valence-electron chi connectivity index (χ0n) is 21.3. The van der Waals surface area contributed by atoms with E-state index in [0.717, 1.165) is 16.7 Å². The third-order valence-corrected chi connectivity index (χ3v) is 6.13. The number of nitrogens with zero attached hydrogens (tertiary/aromatic N) is 1. The van der Waals surface area contributed by atoms with E-state index in [2.05, 4.69) is 5.32 Å². The van der Waals surface area contributed by atoms with Crippen molar-refractivity contribution < 1.29 is 18.7 Å². The first-order valence-electron chi connectivity index (χ1n) is 12.5. The first kappa shape index (κ1) is 28.4. The molecule has 0 aliphatic carbocycles. The first-order valence-corrected chi connectivity index (χ1v) is 12.9. The molecule has 0 bridgehead atoms. The lowest BCUT2D eigenvalue weighted by atomic mass is 10.0. The summed E-state index contributed by atoms with van der Waals surface area (Å²) >= 11 is 6.01. The van der Waals surface area contributed by atoms with Gasteiger partial charge >= 0.3 is 0 Å². The molecule has 7 heteroatoms. The lowest BCUT2D eigenvalue weighted by Gasteiger charge is -2.32. The number of carbonyl (C=O) groups excluding carboxylic acids is 2. The van der Waals surface area contributed by atoms with Crippen molar-refractivity contribution in [1.82, 2.24) is 10.2 Å². The molecule has 2 amide bonds. The molecule has 0 aliphatic heterocycles. The third-order valence-electron chi connectivity index (χ3n) is 5.88. The predicted octanol–water partition coefficient (Wildman–Crippen LogP) is 5.59. The summed E-state index contributed by atoms with van der Waals surface area (Å²) in [5.74, 6) is -0.796. The molecule has 0 heterocycles. The summed E-state index contributed by atoms with van der Waals surface area (Å²) < 4.78 is 19.1. The molecule has 0 aromatic heterocycles. The molecule has 1 N–H and O–H groups in total. The van der Waals surface area contributed by atoms with E-state index in [-0.39, 0.29) is 36.7 Å². The Balaban J connectivity index is 1.86. The summed E-state index contributed by atoms with van der Waals surface area (Å²) in [4.78, 5) is 28.8. The van der Waals surface area contributed by atoms with Crippen LogP contribution in [-0.4, -0.2) is 42.0 Å². The molecule has 3 aromatic rings. The molecule has 3 rings (SSSR count). The van der Waals surface area contributed by atoms with Crippen molar-refractivity contribution in [3.05, 3.63) is 106 Å². The summed E-state index contributed by atoms with van der Waals surface area (Å²) in [6.07, 6.45) is 1.25. The molecule has 37 heavy (non-hydrogen) atoms. The van der Waals surface area contributed by atoms with Gasteiger partial charge in [0.25, 0.3) is 0 Å². The highest BCUT2D eigenvalue weighted by molar-refractivity contribution is 6.30. The van der Waals surface area contributed by atoms with E-state index >= 15 is 0 Å². The topological polar surface area (TPSA) is 58.6 Å². The van der Waals surface area contributed by atoms with Crippen LogP contribution < -0.4 is 5.32 Å². The van der Waals surface area contributed by atoms with E-state index in [9.17, 15) is 14.0 Å². The van der Waals surface area contributed by atoms with Gasteiger partial charge in [-0.15, -0.1) is 0 Å². The summed E-state index contributed by atoms with van der Waals surface area (Å²) in [6, 6.07) is 21.9. The molecular weight excluding hydrogens is 491 g/mol. The van der Waals surface area contributed by atoms with Gasteiger partial charge in [-0.2, -0.15) is 0 Å². The van der Waals surface area contributed by atoms with Crippen molar-refractivity contribution in [3.63, 3.8) is 0 Å². The van der Waals surface area contributed by atoms with Gasteiger partial charge in [-0.1, -0.05) is 66.2 Å². The molecule has 3 aromatic carbocycles. The second-order valence-electron chi connectivity index (χ2n) is 9.22. The minimum atomic E-state index is -0.752. The second kappa shape index (κ2) is 14.5. The lowest BCUT2D eigenvalue weighted by Crippen LogP contribution is -2.51. The molecule has 0 saturated heterocycles. The standard InChI is InChI=1S/C30H34ClFN2O3/c1-22(2)37-18-6-17-33-30(36)28(19-23-7-4-3-5-8-23)34(21-25-11-15-27(32)16-12-25)29(35)20-24-9-13-26(31)14-10-24/h3-5,7-16,22,28H,6,17-21H2,1-2H3,(H,33,36)/t28-/m0/s1. The fraction of sp³-hybridized carbons (Fsp3) is 0.333. The highest BCUT2D eigenvalue weighted by Gasteiger charge is 2.30. The van der Waals surface area contributed by atoms with Crippen molar-refractivity contribution in [1.29, 1.82) is 0 Å². The van der Waals surface area contributed by atoms with Gasteiger partial charge in [-0.25, -0.2) is 4.39 Å². The van der Waals surface area contributed by atoms with Gasteiger partial charge in [0.15, 0.2) is 0 Å². The van der Waals surface area contributed by atoms with E-state index in [4.69, 9.17) is 16.3 Å². The number of hydrogen-bond donors (Lipinski definition) is 1. The molecule has 0 aliphatic rings. The Kier molecular flexibility index (Phi) is 11.1. The molecule has 0 saturated carbocycles. The van der Waals surface area contributed by atoms with Crippen molar-refractivity contribution in [2.24, 2.45) is 0 Å². The fourth-order valence-corrected chi connectivity index (χ4v) is 4.07. The predicted molar refractivity (Wildman–Crippen MR) is 145 cm³/mol. The second-order valence-corrected chi connectivity index (χ2v) is 9.66. The van der Waals surface area contributed by atoms with Crippen molar-refractivity contribution in [2.45, 2.75) is 51.8 Å². The first-order chi connectivity index (χ1) is 17.8. The summed E-state index contributed by atoms with van der Waals surface area (Å²) in [7, 11) is 0. The number of hydrogen-bond acceptors (Lipinski definition) is 3. The largest absolute Gasteiger partial charge is 0.379 e. The monoisotopic (exact) mass is 524 g/mol. The zero-order valence-corrected chi connectivity index (χ0v) is 22.1. The maximum absolute atomic E-state index is 13.7. The number of rotatable bonds is 13. The molecule has 0 spiro atoms. The SMILES string of the molecule is CC(C)OCCCNC(=O)[C@H](Cc1ccccc1)N(Cc1ccc(F)cc1)C(=O)Cc1ccc(Cl)cc1. The number of nitrogens with one attached hydrogen (secondary N) is 1. The Labute approximate surface area is 223 Å². The van der Waals surface area contributed by atoms with Crippen LogP contribution in [0.1, 0.15) is 37.0 Å². The minimum absolute atomic E-state index is 0.110. The summed E-state index contributed by atoms with van der Waals surface area (Å²) in [5, 5.41) is 3.57. The number of ether oxygens (including phenoxy) is 1. The van der Waals surface area contributed by atoms with Gasteiger partial charge in [0.1, 0.15) is 11.9 Å². The Hall–Kier alpha value is -3.22. The van der Waals surface area contributed by atoms with Crippen LogP contribution in [-0.2, 0) is 33.7 Å². The molecule has 1 atom stereocenters. The van der Waals surface area contributed by atoms with Crippen molar-refractivity contribution in [3.8, 4) is 0 Å². The zero-order chi connectivity index (χ0) is 26.6. The number of amides is 2. The molecule has 0 unspecified atom stereocenters. The normalized spacial score (nSPS) is 11.8. The number of carbonyl (C=O) groups is 2. The third kappa shape index (κ3) is 9.63. The smallest absolute Gasteiger partial charge is 0.243 e. The lowest BCUT2D eigenvalue weighted by molar-refractivity contribution is -0.140. The van der Waals surface area contributed by atoms with Crippen LogP contribution in [0.25, 0.3) is 0 Å².